The lowest BCUT2D eigenvalue weighted by atomic mass is 9.97. The van der Waals surface area contributed by atoms with Crippen LogP contribution in [0.5, 0.6) is 0 Å². The molecule has 35 heavy (non-hydrogen) atoms. The summed E-state index contributed by atoms with van der Waals surface area (Å²) in [5, 5.41) is 9.38. The van der Waals surface area contributed by atoms with Gasteiger partial charge in [0, 0.05) is 34.2 Å². The van der Waals surface area contributed by atoms with E-state index in [-0.39, 0.29) is 6.54 Å². The molecule has 11 heteroatoms. The van der Waals surface area contributed by atoms with E-state index in [1.165, 1.54) is 10.6 Å². The molecule has 0 N–H and O–H groups in total. The highest BCUT2D eigenvalue weighted by molar-refractivity contribution is 6.30. The molecule has 0 aliphatic rings. The number of alkyl halides is 3. The lowest BCUT2D eigenvalue weighted by molar-refractivity contribution is -0.141. The highest BCUT2D eigenvalue weighted by Crippen LogP contribution is 2.34. The van der Waals surface area contributed by atoms with Gasteiger partial charge < -0.3 is 0 Å². The maximum Gasteiger partial charge on any atom is 0.433 e. The minimum Gasteiger partial charge on any atom is -0.262 e. The van der Waals surface area contributed by atoms with Crippen LogP contribution in [-0.2, 0) is 12.7 Å². The first-order chi connectivity index (χ1) is 16.7. The van der Waals surface area contributed by atoms with Gasteiger partial charge in [-0.3, -0.25) is 9.97 Å². The van der Waals surface area contributed by atoms with Crippen molar-refractivity contribution in [2.24, 2.45) is 0 Å². The van der Waals surface area contributed by atoms with Gasteiger partial charge in [0.15, 0.2) is 5.65 Å². The summed E-state index contributed by atoms with van der Waals surface area (Å²) in [5.74, 6) is 0. The number of hydrogen-bond acceptors (Lipinski definition) is 5. The Morgan fingerprint density at radius 3 is 2.40 bits per heavy atom. The van der Waals surface area contributed by atoms with Crippen molar-refractivity contribution in [2.45, 2.75) is 19.6 Å². The molecule has 1 aromatic carbocycles. The zero-order chi connectivity index (χ0) is 24.7. The van der Waals surface area contributed by atoms with Crippen LogP contribution in [0.4, 0.5) is 13.2 Å². The first-order valence-electron chi connectivity index (χ1n) is 10.4. The predicted molar refractivity (Wildman–Crippen MR) is 124 cm³/mol. The summed E-state index contributed by atoms with van der Waals surface area (Å²) < 4.78 is 40.8. The molecule has 7 nitrogen and oxygen atoms in total. The minimum atomic E-state index is -4.54. The molecule has 0 unspecified atom stereocenters. The third kappa shape index (κ3) is 4.40. The van der Waals surface area contributed by atoms with Crippen molar-refractivity contribution in [1.82, 2.24) is 29.4 Å². The lowest BCUT2D eigenvalue weighted by Crippen LogP contribution is -2.23. The van der Waals surface area contributed by atoms with E-state index in [0.29, 0.717) is 21.8 Å². The quantitative estimate of drug-likeness (QED) is 0.348. The van der Waals surface area contributed by atoms with Gasteiger partial charge in [0.2, 0.25) is 0 Å². The van der Waals surface area contributed by atoms with Crippen LogP contribution >= 0.6 is 11.6 Å². The van der Waals surface area contributed by atoms with Gasteiger partial charge in [-0.2, -0.15) is 22.8 Å². The molecule has 0 atom stereocenters. The molecule has 0 saturated heterocycles. The summed E-state index contributed by atoms with van der Waals surface area (Å²) in [6, 6.07) is 13.0. The molecule has 0 fully saturated rings. The topological polar surface area (TPSA) is 78.0 Å². The van der Waals surface area contributed by atoms with Crippen molar-refractivity contribution in [2.75, 3.05) is 0 Å². The number of aromatic nitrogens is 6. The summed E-state index contributed by atoms with van der Waals surface area (Å²) in [4.78, 5) is 20.8. The van der Waals surface area contributed by atoms with E-state index in [1.54, 1.807) is 24.5 Å². The summed E-state index contributed by atoms with van der Waals surface area (Å²) in [7, 11) is 0. The van der Waals surface area contributed by atoms with Crippen LogP contribution in [0.1, 0.15) is 17.0 Å². The zero-order valence-corrected chi connectivity index (χ0v) is 18.9. The number of rotatable bonds is 4. The average Bonchev–Trinajstić information content (AvgIpc) is 3.14. The summed E-state index contributed by atoms with van der Waals surface area (Å²) in [5.41, 5.74) is 2.92. The van der Waals surface area contributed by atoms with Crippen LogP contribution < -0.4 is 5.69 Å². The van der Waals surface area contributed by atoms with Gasteiger partial charge in [-0.1, -0.05) is 29.8 Å². The van der Waals surface area contributed by atoms with Crippen molar-refractivity contribution >= 4 is 17.2 Å². The minimum absolute atomic E-state index is 0.0710. The fraction of sp³-hybridized carbons (Fsp3) is 0.125. The summed E-state index contributed by atoms with van der Waals surface area (Å²) >= 11 is 6.06. The number of nitrogens with zero attached hydrogens (tertiary/aromatic N) is 6. The van der Waals surface area contributed by atoms with Gasteiger partial charge in [0.05, 0.1) is 12.7 Å². The largest absolute Gasteiger partial charge is 0.433 e. The molecule has 5 rings (SSSR count). The molecule has 0 radical (unpaired) electrons. The second kappa shape index (κ2) is 8.62. The van der Waals surface area contributed by atoms with Gasteiger partial charge in [-0.25, -0.2) is 9.48 Å². The van der Waals surface area contributed by atoms with E-state index in [0.717, 1.165) is 39.3 Å². The van der Waals surface area contributed by atoms with Gasteiger partial charge in [0.1, 0.15) is 5.69 Å². The molecular weight excluding hydrogens is 481 g/mol. The van der Waals surface area contributed by atoms with Crippen molar-refractivity contribution in [3.05, 3.63) is 99.6 Å². The maximum atomic E-state index is 13.1. The monoisotopic (exact) mass is 496 g/mol. The molecule has 0 amide bonds. The number of fused-ring (bicyclic) bond motifs is 1. The molecule has 0 aliphatic heterocycles. The first kappa shape index (κ1) is 22.7. The highest BCUT2D eigenvalue weighted by atomic mass is 35.5. The molecule has 0 saturated carbocycles. The van der Waals surface area contributed by atoms with Gasteiger partial charge in [-0.15, -0.1) is 5.10 Å². The second-order valence-corrected chi connectivity index (χ2v) is 8.29. The molecule has 0 aliphatic carbocycles. The van der Waals surface area contributed by atoms with Crippen LogP contribution in [0.2, 0.25) is 5.02 Å². The standard InChI is InChI=1S/C24H16ClF3N6O/c1-14-10-17(8-9-29-14)21-19(16-3-5-18(25)6-4-16)12-31-34-22(21)32-33(23(34)35)13-15-2-7-20(30-11-15)24(26,27)28/h2-12H,13H2,1H3. The molecule has 0 spiro atoms. The predicted octanol–water partition coefficient (Wildman–Crippen LogP) is 5.04. The Hall–Kier alpha value is -4.05. The Morgan fingerprint density at radius 2 is 1.74 bits per heavy atom. The smallest absolute Gasteiger partial charge is 0.262 e. The van der Waals surface area contributed by atoms with Crippen molar-refractivity contribution in [3.63, 3.8) is 0 Å². The fourth-order valence-electron chi connectivity index (χ4n) is 3.76. The Kier molecular flexibility index (Phi) is 5.60. The van der Waals surface area contributed by atoms with E-state index in [4.69, 9.17) is 11.6 Å². The van der Waals surface area contributed by atoms with E-state index >= 15 is 0 Å². The van der Waals surface area contributed by atoms with Gasteiger partial charge >= 0.3 is 11.9 Å². The normalized spacial score (nSPS) is 11.8. The molecule has 4 aromatic heterocycles. The average molecular weight is 497 g/mol. The van der Waals surface area contributed by atoms with E-state index in [9.17, 15) is 18.0 Å². The number of pyridine rings is 2. The molecule has 176 valence electrons. The molecule has 0 bridgehead atoms. The third-order valence-corrected chi connectivity index (χ3v) is 5.65. The van der Waals surface area contributed by atoms with Gasteiger partial charge in [0.25, 0.3) is 0 Å². The number of halogens is 4. The van der Waals surface area contributed by atoms with Crippen LogP contribution in [-0.4, -0.2) is 29.4 Å². The molecule has 4 heterocycles. The molecular formula is C24H16ClF3N6O. The lowest BCUT2D eigenvalue weighted by Gasteiger charge is -2.11. The van der Waals surface area contributed by atoms with Crippen molar-refractivity contribution < 1.29 is 13.2 Å². The fourth-order valence-corrected chi connectivity index (χ4v) is 3.88. The van der Waals surface area contributed by atoms with E-state index in [2.05, 4.69) is 20.2 Å². The highest BCUT2D eigenvalue weighted by Gasteiger charge is 2.32. The van der Waals surface area contributed by atoms with Crippen LogP contribution in [0.3, 0.4) is 0 Å². The summed E-state index contributed by atoms with van der Waals surface area (Å²) in [6.45, 7) is 1.78. The van der Waals surface area contributed by atoms with Crippen molar-refractivity contribution in [1.29, 1.82) is 0 Å². The van der Waals surface area contributed by atoms with Crippen LogP contribution in [0.25, 0.3) is 27.9 Å². The Labute approximate surface area is 201 Å². The number of aryl methyl sites for hydroxylation is 1. The zero-order valence-electron chi connectivity index (χ0n) is 18.2. The Bertz CT molecular complexity index is 1590. The van der Waals surface area contributed by atoms with Gasteiger partial charge in [-0.05, 0) is 53.9 Å². The maximum absolute atomic E-state index is 13.1. The summed E-state index contributed by atoms with van der Waals surface area (Å²) in [6.07, 6.45) is -0.221. The third-order valence-electron chi connectivity index (χ3n) is 5.40. The van der Waals surface area contributed by atoms with Crippen LogP contribution in [0, 0.1) is 6.92 Å². The Balaban J connectivity index is 1.67. The number of hydrogen-bond donors (Lipinski definition) is 0. The van der Waals surface area contributed by atoms with E-state index < -0.39 is 17.6 Å². The van der Waals surface area contributed by atoms with Crippen LogP contribution in [0.15, 0.2) is 71.9 Å². The first-order valence-corrected chi connectivity index (χ1v) is 10.8. The number of benzene rings is 1. The van der Waals surface area contributed by atoms with E-state index in [1.807, 2.05) is 31.2 Å². The second-order valence-electron chi connectivity index (χ2n) is 7.85. The van der Waals surface area contributed by atoms with Crippen molar-refractivity contribution in [3.8, 4) is 22.3 Å². The molecule has 5 aromatic rings. The SMILES string of the molecule is Cc1cc(-c2c(-c3ccc(Cl)cc3)cnn3c(=O)n(Cc4ccc(C(F)(F)F)nc4)nc23)ccn1. The Morgan fingerprint density at radius 1 is 0.971 bits per heavy atom.